The van der Waals surface area contributed by atoms with Gasteiger partial charge in [-0.05, 0) is 13.3 Å². The van der Waals surface area contributed by atoms with E-state index >= 15 is 0 Å². The number of benzene rings is 1. The highest BCUT2D eigenvalue weighted by Gasteiger charge is 2.13. The van der Waals surface area contributed by atoms with Crippen LogP contribution in [0.25, 0.3) is 0 Å². The van der Waals surface area contributed by atoms with Gasteiger partial charge in [0.05, 0.1) is 10.6 Å². The minimum atomic E-state index is -0.377. The van der Waals surface area contributed by atoms with E-state index in [9.17, 15) is 10.1 Å². The second-order valence-electron chi connectivity index (χ2n) is 3.92. The summed E-state index contributed by atoms with van der Waals surface area (Å²) in [6.45, 7) is 2.33. The molecule has 0 fully saturated rings. The van der Waals surface area contributed by atoms with Gasteiger partial charge < -0.3 is 5.73 Å². The highest BCUT2D eigenvalue weighted by Crippen LogP contribution is 2.18. The predicted molar refractivity (Wildman–Crippen MR) is 66.0 cm³/mol. The molecule has 0 atom stereocenters. The quantitative estimate of drug-likeness (QED) is 0.648. The van der Waals surface area contributed by atoms with E-state index in [4.69, 9.17) is 5.73 Å². The minimum absolute atomic E-state index is 0.128. The molecule has 0 spiro atoms. The summed E-state index contributed by atoms with van der Waals surface area (Å²) in [5, 5.41) is 18.5. The minimum Gasteiger partial charge on any atom is -0.381 e. The molecule has 1 aromatic carbocycles. The molecule has 2 rings (SSSR count). The number of para-hydroxylation sites is 1. The Kier molecular flexibility index (Phi) is 3.22. The number of anilines is 1. The number of aryl methyl sites for hydroxylation is 2. The van der Waals surface area contributed by atoms with Crippen LogP contribution in [0.5, 0.6) is 0 Å². The van der Waals surface area contributed by atoms with Crippen LogP contribution in [-0.2, 0) is 13.0 Å². The van der Waals surface area contributed by atoms with E-state index in [0.717, 1.165) is 5.69 Å². The van der Waals surface area contributed by atoms with Gasteiger partial charge in [-0.2, -0.15) is 0 Å². The van der Waals surface area contributed by atoms with E-state index in [1.165, 1.54) is 6.07 Å². The fourth-order valence-electron chi connectivity index (χ4n) is 1.71. The fraction of sp³-hybridized carbons (Fsp3) is 0.273. The lowest BCUT2D eigenvalue weighted by Gasteiger charge is -2.04. The number of nitro benzene ring substituents is 1. The lowest BCUT2D eigenvalue weighted by atomic mass is 10.1. The molecule has 2 aromatic rings. The van der Waals surface area contributed by atoms with Crippen LogP contribution in [0.3, 0.4) is 0 Å². The van der Waals surface area contributed by atoms with Crippen molar-refractivity contribution in [1.29, 1.82) is 0 Å². The molecule has 0 saturated carbocycles. The summed E-state index contributed by atoms with van der Waals surface area (Å²) in [5.41, 5.74) is 7.16. The topological polar surface area (TPSA) is 99.9 Å². The molecule has 0 saturated heterocycles. The Bertz CT molecular complexity index is 579. The van der Waals surface area contributed by atoms with Crippen LogP contribution in [0.2, 0.25) is 0 Å². The zero-order valence-corrected chi connectivity index (χ0v) is 9.91. The van der Waals surface area contributed by atoms with E-state index in [2.05, 4.69) is 10.3 Å². The zero-order valence-electron chi connectivity index (χ0n) is 9.91. The second-order valence-corrected chi connectivity index (χ2v) is 3.92. The van der Waals surface area contributed by atoms with E-state index in [1.807, 2.05) is 6.92 Å². The first-order chi connectivity index (χ1) is 8.59. The van der Waals surface area contributed by atoms with Gasteiger partial charge in [0.15, 0.2) is 5.82 Å². The molecule has 1 aromatic heterocycles. The van der Waals surface area contributed by atoms with E-state index < -0.39 is 0 Å². The zero-order chi connectivity index (χ0) is 13.1. The number of nitro groups is 1. The summed E-state index contributed by atoms with van der Waals surface area (Å²) in [4.78, 5) is 10.5. The molecule has 0 aliphatic rings. The smallest absolute Gasteiger partial charge is 0.272 e. The van der Waals surface area contributed by atoms with Crippen LogP contribution in [-0.4, -0.2) is 19.9 Å². The molecule has 0 aliphatic heterocycles. The van der Waals surface area contributed by atoms with Gasteiger partial charge in [0.25, 0.3) is 5.69 Å². The Morgan fingerprint density at radius 2 is 2.17 bits per heavy atom. The average molecular weight is 247 g/mol. The van der Waals surface area contributed by atoms with Gasteiger partial charge in [-0.25, -0.2) is 4.68 Å². The summed E-state index contributed by atoms with van der Waals surface area (Å²) in [7, 11) is 0. The molecule has 0 aliphatic carbocycles. The van der Waals surface area contributed by atoms with Crippen molar-refractivity contribution >= 4 is 11.5 Å². The maximum absolute atomic E-state index is 10.9. The van der Waals surface area contributed by atoms with Gasteiger partial charge in [0.2, 0.25) is 0 Å². The van der Waals surface area contributed by atoms with Crippen LogP contribution in [0, 0.1) is 17.0 Å². The summed E-state index contributed by atoms with van der Waals surface area (Å²) >= 11 is 0. The molecule has 0 radical (unpaired) electrons. The van der Waals surface area contributed by atoms with Gasteiger partial charge in [-0.1, -0.05) is 23.4 Å². The van der Waals surface area contributed by atoms with Gasteiger partial charge in [-0.15, -0.1) is 5.10 Å². The summed E-state index contributed by atoms with van der Waals surface area (Å²) in [5.74, 6) is 0.387. The lowest BCUT2D eigenvalue weighted by molar-refractivity contribution is -0.385. The molecule has 0 amide bonds. The first kappa shape index (κ1) is 12.0. The molecule has 2 N–H and O–H groups in total. The van der Waals surface area contributed by atoms with Crippen molar-refractivity contribution < 1.29 is 4.92 Å². The highest BCUT2D eigenvalue weighted by atomic mass is 16.6. The molecule has 1 heterocycles. The number of nitrogens with zero attached hydrogens (tertiary/aromatic N) is 4. The van der Waals surface area contributed by atoms with Crippen LogP contribution in [0.15, 0.2) is 24.3 Å². The van der Waals surface area contributed by atoms with Gasteiger partial charge >= 0.3 is 0 Å². The van der Waals surface area contributed by atoms with Crippen molar-refractivity contribution in [2.24, 2.45) is 0 Å². The Labute approximate surface area is 103 Å². The fourth-order valence-corrected chi connectivity index (χ4v) is 1.71. The molecule has 0 bridgehead atoms. The monoisotopic (exact) mass is 247 g/mol. The standard InChI is InChI=1S/C11H13N5O2/c1-8-11(12)13-14-15(8)7-6-9-4-2-3-5-10(9)16(17)18/h2-5H,6-7,12H2,1H3. The third kappa shape index (κ3) is 2.29. The summed E-state index contributed by atoms with van der Waals surface area (Å²) in [6, 6.07) is 6.68. The highest BCUT2D eigenvalue weighted by molar-refractivity contribution is 5.40. The number of hydrogen-bond acceptors (Lipinski definition) is 5. The number of nitrogens with two attached hydrogens (primary N) is 1. The molecular formula is C11H13N5O2. The number of hydrogen-bond donors (Lipinski definition) is 1. The molecule has 7 nitrogen and oxygen atoms in total. The van der Waals surface area contributed by atoms with Gasteiger partial charge in [0, 0.05) is 18.2 Å². The maximum atomic E-state index is 10.9. The molecule has 18 heavy (non-hydrogen) atoms. The Morgan fingerprint density at radius 3 is 2.78 bits per heavy atom. The first-order valence-corrected chi connectivity index (χ1v) is 5.47. The SMILES string of the molecule is Cc1c(N)nnn1CCc1ccccc1[N+](=O)[O-]. The van der Waals surface area contributed by atoms with E-state index in [-0.39, 0.29) is 10.6 Å². The van der Waals surface area contributed by atoms with Gasteiger partial charge in [0.1, 0.15) is 0 Å². The summed E-state index contributed by atoms with van der Waals surface area (Å²) < 4.78 is 1.64. The van der Waals surface area contributed by atoms with Crippen LogP contribution < -0.4 is 5.73 Å². The predicted octanol–water partition coefficient (Wildman–Crippen LogP) is 1.32. The first-order valence-electron chi connectivity index (χ1n) is 5.47. The molecular weight excluding hydrogens is 234 g/mol. The normalized spacial score (nSPS) is 10.5. The number of nitrogen functional groups attached to an aromatic ring is 1. The average Bonchev–Trinajstić information content (AvgIpc) is 2.68. The van der Waals surface area contributed by atoms with E-state index in [0.29, 0.717) is 24.3 Å². The van der Waals surface area contributed by atoms with Crippen LogP contribution in [0.1, 0.15) is 11.3 Å². The largest absolute Gasteiger partial charge is 0.381 e. The Hall–Kier alpha value is -2.44. The molecule has 94 valence electrons. The number of aromatic nitrogens is 3. The third-order valence-corrected chi connectivity index (χ3v) is 2.80. The molecule has 7 heteroatoms. The van der Waals surface area contributed by atoms with Crippen molar-refractivity contribution in [3.63, 3.8) is 0 Å². The van der Waals surface area contributed by atoms with E-state index in [1.54, 1.807) is 22.9 Å². The van der Waals surface area contributed by atoms with Crippen molar-refractivity contribution in [3.8, 4) is 0 Å². The Balaban J connectivity index is 2.16. The number of rotatable bonds is 4. The van der Waals surface area contributed by atoms with Crippen molar-refractivity contribution in [1.82, 2.24) is 15.0 Å². The summed E-state index contributed by atoms with van der Waals surface area (Å²) in [6.07, 6.45) is 0.515. The van der Waals surface area contributed by atoms with Crippen LogP contribution in [0.4, 0.5) is 11.5 Å². The van der Waals surface area contributed by atoms with Crippen LogP contribution >= 0.6 is 0 Å². The Morgan fingerprint density at radius 1 is 1.44 bits per heavy atom. The maximum Gasteiger partial charge on any atom is 0.272 e. The third-order valence-electron chi connectivity index (χ3n) is 2.80. The lowest BCUT2D eigenvalue weighted by Crippen LogP contribution is -2.07. The molecule has 0 unspecified atom stereocenters. The second kappa shape index (κ2) is 4.82. The van der Waals surface area contributed by atoms with Crippen molar-refractivity contribution in [2.45, 2.75) is 19.9 Å². The van der Waals surface area contributed by atoms with Crippen molar-refractivity contribution in [3.05, 3.63) is 45.6 Å². The van der Waals surface area contributed by atoms with Crippen molar-refractivity contribution in [2.75, 3.05) is 5.73 Å². The van der Waals surface area contributed by atoms with Gasteiger partial charge in [-0.3, -0.25) is 10.1 Å².